The summed E-state index contributed by atoms with van der Waals surface area (Å²) in [6.45, 7) is 0.0491. The topological polar surface area (TPSA) is 130 Å². The molecule has 0 aliphatic carbocycles. The standard InChI is InChI=1S/C23H19FN4O5S/c24-15-4-3-5-18(14-15)34(32,33)27-17-10-8-16(9-11-17)25-21(29)12-13-28-20-7-2-1-6-19(20)22(30)26-23(28)31/h1-11,14,27H,12-13H2,(H,25,29)(H,26,30,31). The molecular formula is C23H19FN4O5S. The van der Waals surface area contributed by atoms with Gasteiger partial charge in [-0.2, -0.15) is 0 Å². The predicted octanol–water partition coefficient (Wildman–Crippen LogP) is 2.66. The molecule has 1 heterocycles. The number of hydrogen-bond donors (Lipinski definition) is 3. The van der Waals surface area contributed by atoms with Crippen LogP contribution in [0.3, 0.4) is 0 Å². The van der Waals surface area contributed by atoms with E-state index < -0.39 is 27.1 Å². The first-order valence-corrected chi connectivity index (χ1v) is 11.6. The van der Waals surface area contributed by atoms with Gasteiger partial charge in [-0.3, -0.25) is 23.9 Å². The molecule has 0 saturated carbocycles. The highest BCUT2D eigenvalue weighted by atomic mass is 32.2. The number of carbonyl (C=O) groups is 1. The maximum Gasteiger partial charge on any atom is 0.328 e. The van der Waals surface area contributed by atoms with Crippen molar-refractivity contribution in [2.75, 3.05) is 10.0 Å². The first-order chi connectivity index (χ1) is 16.2. The van der Waals surface area contributed by atoms with E-state index in [0.29, 0.717) is 16.6 Å². The Morgan fingerprint density at radius 1 is 0.941 bits per heavy atom. The molecule has 0 fully saturated rings. The van der Waals surface area contributed by atoms with Crippen molar-refractivity contribution in [2.24, 2.45) is 0 Å². The van der Waals surface area contributed by atoms with Crippen LogP contribution in [0, 0.1) is 5.82 Å². The molecule has 0 radical (unpaired) electrons. The number of aromatic amines is 1. The van der Waals surface area contributed by atoms with Gasteiger partial charge in [0.2, 0.25) is 5.91 Å². The van der Waals surface area contributed by atoms with Gasteiger partial charge < -0.3 is 5.32 Å². The molecule has 0 saturated heterocycles. The third kappa shape index (κ3) is 5.04. The van der Waals surface area contributed by atoms with Crippen LogP contribution in [-0.2, 0) is 21.4 Å². The Morgan fingerprint density at radius 2 is 1.65 bits per heavy atom. The van der Waals surface area contributed by atoms with Crippen LogP contribution in [-0.4, -0.2) is 23.9 Å². The summed E-state index contributed by atoms with van der Waals surface area (Å²) in [7, 11) is -3.97. The smallest absolute Gasteiger partial charge is 0.326 e. The first-order valence-electron chi connectivity index (χ1n) is 10.1. The highest BCUT2D eigenvalue weighted by Crippen LogP contribution is 2.19. The lowest BCUT2D eigenvalue weighted by Crippen LogP contribution is -2.31. The van der Waals surface area contributed by atoms with Crippen molar-refractivity contribution >= 4 is 38.2 Å². The number of aromatic nitrogens is 2. The molecule has 174 valence electrons. The normalized spacial score (nSPS) is 11.3. The van der Waals surface area contributed by atoms with Gasteiger partial charge in [-0.05, 0) is 54.6 Å². The number of nitrogens with one attached hydrogen (secondary N) is 3. The molecule has 11 heteroatoms. The van der Waals surface area contributed by atoms with Gasteiger partial charge in [-0.1, -0.05) is 18.2 Å². The number of nitrogens with zero attached hydrogens (tertiary/aromatic N) is 1. The molecule has 34 heavy (non-hydrogen) atoms. The lowest BCUT2D eigenvalue weighted by atomic mass is 10.2. The molecule has 0 unspecified atom stereocenters. The number of fused-ring (bicyclic) bond motifs is 1. The number of hydrogen-bond acceptors (Lipinski definition) is 5. The minimum Gasteiger partial charge on any atom is -0.326 e. The van der Waals surface area contributed by atoms with Gasteiger partial charge in [0, 0.05) is 24.3 Å². The number of benzene rings is 3. The van der Waals surface area contributed by atoms with Gasteiger partial charge in [-0.25, -0.2) is 17.6 Å². The fraction of sp³-hybridized carbons (Fsp3) is 0.0870. The average Bonchev–Trinajstić information content (AvgIpc) is 2.80. The number of sulfonamides is 1. The van der Waals surface area contributed by atoms with Crippen LogP contribution in [0.4, 0.5) is 15.8 Å². The Labute approximate surface area is 192 Å². The van der Waals surface area contributed by atoms with E-state index in [0.717, 1.165) is 12.1 Å². The minimum atomic E-state index is -3.97. The zero-order valence-electron chi connectivity index (χ0n) is 17.6. The van der Waals surface area contributed by atoms with Crippen LogP contribution < -0.4 is 21.3 Å². The lowest BCUT2D eigenvalue weighted by molar-refractivity contribution is -0.116. The summed E-state index contributed by atoms with van der Waals surface area (Å²) in [5, 5.41) is 3.01. The van der Waals surface area contributed by atoms with E-state index in [9.17, 15) is 27.2 Å². The molecular weight excluding hydrogens is 463 g/mol. The van der Waals surface area contributed by atoms with Crippen molar-refractivity contribution < 1.29 is 17.6 Å². The molecule has 0 atom stereocenters. The summed E-state index contributed by atoms with van der Waals surface area (Å²) in [5.41, 5.74) is -0.0225. The number of para-hydroxylation sites is 1. The molecule has 0 bridgehead atoms. The van der Waals surface area contributed by atoms with Crippen LogP contribution in [0.15, 0.2) is 87.3 Å². The number of aryl methyl sites for hydroxylation is 1. The second kappa shape index (κ2) is 9.32. The van der Waals surface area contributed by atoms with Gasteiger partial charge in [0.15, 0.2) is 0 Å². The molecule has 0 aliphatic heterocycles. The van der Waals surface area contributed by atoms with Gasteiger partial charge in [-0.15, -0.1) is 0 Å². The van der Waals surface area contributed by atoms with Crippen molar-refractivity contribution in [2.45, 2.75) is 17.9 Å². The van der Waals surface area contributed by atoms with E-state index in [-0.39, 0.29) is 29.5 Å². The molecule has 3 N–H and O–H groups in total. The largest absolute Gasteiger partial charge is 0.328 e. The molecule has 4 aromatic rings. The third-order valence-electron chi connectivity index (χ3n) is 4.99. The average molecular weight is 482 g/mol. The summed E-state index contributed by atoms with van der Waals surface area (Å²) in [6.07, 6.45) is -0.0378. The molecule has 1 aromatic heterocycles. The van der Waals surface area contributed by atoms with Crippen molar-refractivity contribution in [1.82, 2.24) is 9.55 Å². The summed E-state index contributed by atoms with van der Waals surface area (Å²) < 4.78 is 41.8. The summed E-state index contributed by atoms with van der Waals surface area (Å²) in [4.78, 5) is 38.5. The first kappa shape index (κ1) is 22.9. The molecule has 0 spiro atoms. The number of anilines is 2. The Kier molecular flexibility index (Phi) is 6.28. The monoisotopic (exact) mass is 482 g/mol. The predicted molar refractivity (Wildman–Crippen MR) is 126 cm³/mol. The van der Waals surface area contributed by atoms with E-state index in [4.69, 9.17) is 0 Å². The lowest BCUT2D eigenvalue weighted by Gasteiger charge is -2.11. The van der Waals surface area contributed by atoms with E-state index in [1.54, 1.807) is 24.3 Å². The number of H-pyrrole nitrogens is 1. The van der Waals surface area contributed by atoms with Crippen molar-refractivity contribution in [1.29, 1.82) is 0 Å². The van der Waals surface area contributed by atoms with Crippen LogP contribution in [0.25, 0.3) is 10.9 Å². The van der Waals surface area contributed by atoms with E-state index >= 15 is 0 Å². The Balaban J connectivity index is 1.41. The fourth-order valence-corrected chi connectivity index (χ4v) is 4.46. The molecule has 9 nitrogen and oxygen atoms in total. The van der Waals surface area contributed by atoms with Crippen molar-refractivity contribution in [3.8, 4) is 0 Å². The Morgan fingerprint density at radius 3 is 2.38 bits per heavy atom. The van der Waals surface area contributed by atoms with Crippen molar-refractivity contribution in [3.63, 3.8) is 0 Å². The zero-order valence-corrected chi connectivity index (χ0v) is 18.4. The maximum atomic E-state index is 13.3. The van der Waals surface area contributed by atoms with Crippen LogP contribution in [0.1, 0.15) is 6.42 Å². The SMILES string of the molecule is O=C(CCn1c(=O)[nH]c(=O)c2ccccc21)Nc1ccc(NS(=O)(=O)c2cccc(F)c2)cc1. The summed E-state index contributed by atoms with van der Waals surface area (Å²) in [5.74, 6) is -1.05. The van der Waals surface area contributed by atoms with E-state index in [1.807, 2.05) is 0 Å². The molecule has 3 aromatic carbocycles. The van der Waals surface area contributed by atoms with Crippen LogP contribution in [0.5, 0.6) is 0 Å². The molecule has 1 amide bonds. The molecule has 0 aliphatic rings. The third-order valence-corrected chi connectivity index (χ3v) is 6.37. The van der Waals surface area contributed by atoms with E-state index in [1.165, 1.54) is 41.0 Å². The number of halogens is 1. The molecule has 4 rings (SSSR count). The second-order valence-corrected chi connectivity index (χ2v) is 9.05. The zero-order chi connectivity index (χ0) is 24.3. The summed E-state index contributed by atoms with van der Waals surface area (Å²) >= 11 is 0. The summed E-state index contributed by atoms with van der Waals surface area (Å²) in [6, 6.07) is 17.1. The van der Waals surface area contributed by atoms with Gasteiger partial charge in [0.1, 0.15) is 5.82 Å². The van der Waals surface area contributed by atoms with E-state index in [2.05, 4.69) is 15.0 Å². The minimum absolute atomic E-state index is 0.0378. The highest BCUT2D eigenvalue weighted by molar-refractivity contribution is 7.92. The Bertz CT molecular complexity index is 1590. The Hall–Kier alpha value is -4.25. The van der Waals surface area contributed by atoms with Crippen LogP contribution in [0.2, 0.25) is 0 Å². The second-order valence-electron chi connectivity index (χ2n) is 7.37. The van der Waals surface area contributed by atoms with Crippen molar-refractivity contribution in [3.05, 3.63) is 99.5 Å². The number of amides is 1. The van der Waals surface area contributed by atoms with Gasteiger partial charge >= 0.3 is 5.69 Å². The quantitative estimate of drug-likeness (QED) is 0.373. The maximum absolute atomic E-state index is 13.3. The highest BCUT2D eigenvalue weighted by Gasteiger charge is 2.15. The fourth-order valence-electron chi connectivity index (χ4n) is 3.37. The number of carbonyl (C=O) groups excluding carboxylic acids is 1. The van der Waals surface area contributed by atoms with Gasteiger partial charge in [0.05, 0.1) is 15.8 Å². The van der Waals surface area contributed by atoms with Crippen LogP contribution >= 0.6 is 0 Å². The van der Waals surface area contributed by atoms with Gasteiger partial charge in [0.25, 0.3) is 15.6 Å². The number of rotatable bonds is 7.